The monoisotopic (exact) mass is 223 g/mol. The molecule has 2 rings (SSSR count). The van der Waals surface area contributed by atoms with Gasteiger partial charge >= 0.3 is 0 Å². The number of rotatable bonds is 1. The molecule has 1 saturated heterocycles. The van der Waals surface area contributed by atoms with Crippen molar-refractivity contribution in [2.45, 2.75) is 12.5 Å². The van der Waals surface area contributed by atoms with Gasteiger partial charge in [-0.15, -0.1) is 0 Å². The van der Waals surface area contributed by atoms with Crippen LogP contribution in [0.5, 0.6) is 0 Å². The Kier molecular flexibility index (Phi) is 2.75. The van der Waals surface area contributed by atoms with Gasteiger partial charge in [0.2, 0.25) is 0 Å². The van der Waals surface area contributed by atoms with Gasteiger partial charge in [-0.2, -0.15) is 5.26 Å². The maximum absolute atomic E-state index is 13.1. The van der Waals surface area contributed by atoms with Crippen molar-refractivity contribution in [3.05, 3.63) is 29.3 Å². The van der Waals surface area contributed by atoms with Gasteiger partial charge in [-0.1, -0.05) is 0 Å². The molecule has 0 radical (unpaired) electrons. The molecule has 0 aliphatic carbocycles. The van der Waals surface area contributed by atoms with Crippen molar-refractivity contribution in [1.82, 2.24) is 0 Å². The van der Waals surface area contributed by atoms with Crippen molar-refractivity contribution in [1.29, 1.82) is 5.26 Å². The third-order valence-corrected chi connectivity index (χ3v) is 2.72. The van der Waals surface area contributed by atoms with E-state index in [0.717, 1.165) is 18.6 Å². The Bertz CT molecular complexity index is 453. The average Bonchev–Trinajstić information content (AvgIpc) is 2.68. The number of nitriles is 1. The van der Waals surface area contributed by atoms with E-state index in [1.807, 2.05) is 11.0 Å². The van der Waals surface area contributed by atoms with E-state index >= 15 is 0 Å². The summed E-state index contributed by atoms with van der Waals surface area (Å²) in [5.74, 6) is -1.93. The highest BCUT2D eigenvalue weighted by Gasteiger charge is 2.22. The van der Waals surface area contributed by atoms with E-state index in [2.05, 4.69) is 0 Å². The van der Waals surface area contributed by atoms with Crippen LogP contribution in [0.3, 0.4) is 0 Å². The average molecular weight is 223 g/mol. The number of hydrogen-bond acceptors (Lipinski definition) is 3. The highest BCUT2D eigenvalue weighted by Crippen LogP contribution is 2.26. The molecule has 1 heterocycles. The van der Waals surface area contributed by atoms with Gasteiger partial charge in [0, 0.05) is 25.2 Å². The molecule has 16 heavy (non-hydrogen) atoms. The van der Waals surface area contributed by atoms with Crippen molar-refractivity contribution in [2.75, 3.05) is 18.0 Å². The summed E-state index contributed by atoms with van der Waals surface area (Å²) in [6, 6.07) is 3.88. The summed E-state index contributed by atoms with van der Waals surface area (Å²) in [5, 5.41) is 8.86. The molecule has 84 valence electrons. The molecular weight excluding hydrogens is 212 g/mol. The SMILES string of the molecule is N#Cc1cc(F)c(F)cc1N1CC[C@H](N)C1. The Morgan fingerprint density at radius 2 is 2.06 bits per heavy atom. The second-order valence-corrected chi connectivity index (χ2v) is 3.89. The van der Waals surface area contributed by atoms with Crippen LogP contribution in [0.2, 0.25) is 0 Å². The van der Waals surface area contributed by atoms with Crippen LogP contribution in [0.4, 0.5) is 14.5 Å². The molecule has 1 atom stereocenters. The van der Waals surface area contributed by atoms with Crippen LogP contribution < -0.4 is 10.6 Å². The second-order valence-electron chi connectivity index (χ2n) is 3.89. The van der Waals surface area contributed by atoms with Gasteiger partial charge in [-0.3, -0.25) is 0 Å². The fraction of sp³-hybridized carbons (Fsp3) is 0.364. The molecule has 1 aliphatic heterocycles. The van der Waals surface area contributed by atoms with E-state index in [4.69, 9.17) is 11.0 Å². The van der Waals surface area contributed by atoms with Gasteiger partial charge < -0.3 is 10.6 Å². The largest absolute Gasteiger partial charge is 0.369 e. The molecule has 1 aliphatic rings. The Hall–Kier alpha value is -1.67. The Morgan fingerprint density at radius 1 is 1.38 bits per heavy atom. The predicted molar refractivity (Wildman–Crippen MR) is 55.9 cm³/mol. The van der Waals surface area contributed by atoms with Gasteiger partial charge in [0.1, 0.15) is 6.07 Å². The van der Waals surface area contributed by atoms with E-state index in [-0.39, 0.29) is 11.6 Å². The maximum Gasteiger partial charge on any atom is 0.160 e. The summed E-state index contributed by atoms with van der Waals surface area (Å²) in [6.07, 6.45) is 0.796. The number of nitrogens with two attached hydrogens (primary N) is 1. The smallest absolute Gasteiger partial charge is 0.160 e. The Labute approximate surface area is 92.1 Å². The second kappa shape index (κ2) is 4.06. The number of benzene rings is 1. The van der Waals surface area contributed by atoms with Crippen molar-refractivity contribution in [3.63, 3.8) is 0 Å². The highest BCUT2D eigenvalue weighted by atomic mass is 19.2. The molecule has 0 amide bonds. The lowest BCUT2D eigenvalue weighted by atomic mass is 10.1. The summed E-state index contributed by atoms with van der Waals surface area (Å²) >= 11 is 0. The number of anilines is 1. The molecule has 1 aromatic rings. The molecule has 2 N–H and O–H groups in total. The molecule has 1 aromatic carbocycles. The summed E-state index contributed by atoms with van der Waals surface area (Å²) in [7, 11) is 0. The standard InChI is InChI=1S/C11H11F2N3/c12-9-3-7(5-14)11(4-10(9)13)16-2-1-8(15)6-16/h3-4,8H,1-2,6,15H2/t8-/m0/s1. The lowest BCUT2D eigenvalue weighted by molar-refractivity contribution is 0.508. The molecule has 0 saturated carbocycles. The summed E-state index contributed by atoms with van der Waals surface area (Å²) < 4.78 is 26.0. The Balaban J connectivity index is 2.40. The van der Waals surface area contributed by atoms with Gasteiger partial charge in [-0.05, 0) is 12.5 Å². The van der Waals surface area contributed by atoms with E-state index < -0.39 is 11.6 Å². The first-order valence-corrected chi connectivity index (χ1v) is 5.01. The van der Waals surface area contributed by atoms with Crippen LogP contribution in [0.25, 0.3) is 0 Å². The molecule has 0 spiro atoms. The third-order valence-electron chi connectivity index (χ3n) is 2.72. The number of hydrogen-bond donors (Lipinski definition) is 1. The fourth-order valence-electron chi connectivity index (χ4n) is 1.89. The zero-order valence-electron chi connectivity index (χ0n) is 8.58. The normalized spacial score (nSPS) is 19.9. The molecular formula is C11H11F2N3. The third kappa shape index (κ3) is 1.84. The molecule has 1 fully saturated rings. The van der Waals surface area contributed by atoms with Crippen LogP contribution in [0.15, 0.2) is 12.1 Å². The minimum Gasteiger partial charge on any atom is -0.369 e. The molecule has 0 bridgehead atoms. The number of halogens is 2. The highest BCUT2D eigenvalue weighted by molar-refractivity contribution is 5.60. The summed E-state index contributed by atoms with van der Waals surface area (Å²) in [5.41, 5.74) is 6.30. The zero-order chi connectivity index (χ0) is 11.7. The summed E-state index contributed by atoms with van der Waals surface area (Å²) in [6.45, 7) is 1.24. The quantitative estimate of drug-likeness (QED) is 0.782. The predicted octanol–water partition coefficient (Wildman–Crippen LogP) is 1.37. The maximum atomic E-state index is 13.1. The van der Waals surface area contributed by atoms with Crippen molar-refractivity contribution < 1.29 is 8.78 Å². The first-order valence-electron chi connectivity index (χ1n) is 5.01. The first kappa shape index (κ1) is 10.8. The molecule has 0 unspecified atom stereocenters. The topological polar surface area (TPSA) is 53.0 Å². The van der Waals surface area contributed by atoms with Crippen LogP contribution in [0, 0.1) is 23.0 Å². The minimum atomic E-state index is -0.996. The van der Waals surface area contributed by atoms with Crippen molar-refractivity contribution in [2.24, 2.45) is 5.73 Å². The van der Waals surface area contributed by atoms with E-state index in [9.17, 15) is 8.78 Å². The van der Waals surface area contributed by atoms with E-state index in [1.54, 1.807) is 0 Å². The number of nitrogens with zero attached hydrogens (tertiary/aromatic N) is 2. The lowest BCUT2D eigenvalue weighted by Crippen LogP contribution is -2.27. The minimum absolute atomic E-state index is 0.0275. The van der Waals surface area contributed by atoms with Gasteiger partial charge in [0.05, 0.1) is 11.3 Å². The van der Waals surface area contributed by atoms with Gasteiger partial charge in [0.15, 0.2) is 11.6 Å². The van der Waals surface area contributed by atoms with E-state index in [1.165, 1.54) is 0 Å². The summed E-state index contributed by atoms with van der Waals surface area (Å²) in [4.78, 5) is 1.81. The van der Waals surface area contributed by atoms with Crippen molar-refractivity contribution in [3.8, 4) is 6.07 Å². The van der Waals surface area contributed by atoms with Gasteiger partial charge in [0.25, 0.3) is 0 Å². The Morgan fingerprint density at radius 3 is 2.62 bits per heavy atom. The van der Waals surface area contributed by atoms with Crippen LogP contribution in [-0.4, -0.2) is 19.1 Å². The fourth-order valence-corrected chi connectivity index (χ4v) is 1.89. The first-order chi connectivity index (χ1) is 7.61. The lowest BCUT2D eigenvalue weighted by Gasteiger charge is -2.19. The van der Waals surface area contributed by atoms with E-state index in [0.29, 0.717) is 18.8 Å². The van der Waals surface area contributed by atoms with Crippen LogP contribution in [-0.2, 0) is 0 Å². The van der Waals surface area contributed by atoms with Crippen LogP contribution in [0.1, 0.15) is 12.0 Å². The zero-order valence-corrected chi connectivity index (χ0v) is 8.58. The van der Waals surface area contributed by atoms with Crippen molar-refractivity contribution >= 4 is 5.69 Å². The molecule has 0 aromatic heterocycles. The van der Waals surface area contributed by atoms with Gasteiger partial charge in [-0.25, -0.2) is 8.78 Å². The molecule has 5 heteroatoms. The molecule has 3 nitrogen and oxygen atoms in total. The van der Waals surface area contributed by atoms with Crippen LogP contribution >= 0.6 is 0 Å².